The van der Waals surface area contributed by atoms with Gasteiger partial charge in [-0.1, -0.05) is 54.9 Å². The largest absolute Gasteiger partial charge is 0.496 e. The molecule has 0 bridgehead atoms. The summed E-state index contributed by atoms with van der Waals surface area (Å²) in [5, 5.41) is 0.233. The molecule has 2 aromatic carbocycles. The van der Waals surface area contributed by atoms with Crippen molar-refractivity contribution in [1.82, 2.24) is 4.98 Å². The molecule has 0 fully saturated rings. The second kappa shape index (κ2) is 7.50. The number of hydrogen-bond acceptors (Lipinski definition) is 6. The van der Waals surface area contributed by atoms with Crippen molar-refractivity contribution >= 4 is 17.4 Å². The summed E-state index contributed by atoms with van der Waals surface area (Å²) in [6.07, 6.45) is 0.566. The minimum absolute atomic E-state index is 0.229. The van der Waals surface area contributed by atoms with E-state index in [1.807, 2.05) is 49.4 Å². The highest BCUT2D eigenvalue weighted by Crippen LogP contribution is 2.57. The third-order valence-corrected chi connectivity index (χ3v) is 6.83. The van der Waals surface area contributed by atoms with Crippen LogP contribution in [0.1, 0.15) is 41.0 Å². The molecule has 1 aliphatic carbocycles. The summed E-state index contributed by atoms with van der Waals surface area (Å²) in [4.78, 5) is 19.0. The van der Waals surface area contributed by atoms with Gasteiger partial charge in [0, 0.05) is 23.6 Å². The van der Waals surface area contributed by atoms with Gasteiger partial charge in [-0.05, 0) is 18.1 Å². The van der Waals surface area contributed by atoms with Crippen LogP contribution in [0.3, 0.4) is 0 Å². The van der Waals surface area contributed by atoms with Gasteiger partial charge >= 0.3 is 0 Å². The molecule has 5 rings (SSSR count). The number of hydrogen-bond donors (Lipinski definition) is 1. The average molecular weight is 451 g/mol. The Balaban J connectivity index is 1.76. The van der Waals surface area contributed by atoms with Crippen LogP contribution in [0.4, 0.5) is 0 Å². The molecular weight excluding hydrogens is 428 g/mol. The molecule has 0 saturated heterocycles. The molecule has 1 aliphatic heterocycles. The lowest BCUT2D eigenvalue weighted by Crippen LogP contribution is -2.49. The number of nitrogens with two attached hydrogens (primary N) is 1. The summed E-state index contributed by atoms with van der Waals surface area (Å²) in [6, 6.07) is 15.0. The molecule has 3 atom stereocenters. The highest BCUT2D eigenvalue weighted by atomic mass is 35.5. The number of ether oxygens (including phenoxy) is 3. The molecule has 0 saturated carbocycles. The van der Waals surface area contributed by atoms with Gasteiger partial charge in [0.25, 0.3) is 0 Å². The van der Waals surface area contributed by atoms with Gasteiger partial charge in [0.2, 0.25) is 11.4 Å². The fourth-order valence-corrected chi connectivity index (χ4v) is 5.09. The van der Waals surface area contributed by atoms with Gasteiger partial charge < -0.3 is 19.9 Å². The number of fused-ring (bicyclic) bond motifs is 3. The minimum atomic E-state index is -1.35. The van der Waals surface area contributed by atoms with E-state index in [9.17, 15) is 4.79 Å². The van der Waals surface area contributed by atoms with Crippen molar-refractivity contribution in [3.8, 4) is 28.5 Å². The second-order valence-electron chi connectivity index (χ2n) is 8.21. The summed E-state index contributed by atoms with van der Waals surface area (Å²) in [5.74, 6) is 0.514. The summed E-state index contributed by atoms with van der Waals surface area (Å²) in [7, 11) is 3.01. The maximum absolute atomic E-state index is 14.0. The van der Waals surface area contributed by atoms with E-state index < -0.39 is 5.60 Å². The van der Waals surface area contributed by atoms with E-state index in [0.717, 1.165) is 16.8 Å². The first-order chi connectivity index (χ1) is 15.4. The first-order valence-corrected chi connectivity index (χ1v) is 10.8. The predicted octanol–water partition coefficient (Wildman–Crippen LogP) is 4.93. The lowest BCUT2D eigenvalue weighted by molar-refractivity contribution is 0.0154. The van der Waals surface area contributed by atoms with Crippen molar-refractivity contribution in [2.45, 2.75) is 25.0 Å². The smallest absolute Gasteiger partial charge is 0.220 e. The van der Waals surface area contributed by atoms with Gasteiger partial charge in [0.15, 0.2) is 5.75 Å². The molecule has 7 heteroatoms. The van der Waals surface area contributed by atoms with Gasteiger partial charge in [-0.25, -0.2) is 4.98 Å². The Bertz CT molecular complexity index is 1230. The number of aromatic nitrogens is 1. The Morgan fingerprint density at radius 3 is 2.53 bits per heavy atom. The normalized spacial score (nSPS) is 23.5. The van der Waals surface area contributed by atoms with E-state index in [0.29, 0.717) is 29.2 Å². The van der Waals surface area contributed by atoms with Crippen LogP contribution < -0.4 is 19.9 Å². The van der Waals surface area contributed by atoms with Crippen LogP contribution in [-0.4, -0.2) is 25.0 Å². The fraction of sp³-hybridized carbons (Fsp3) is 0.280. The van der Waals surface area contributed by atoms with Gasteiger partial charge in [-0.2, -0.15) is 0 Å². The van der Waals surface area contributed by atoms with Crippen molar-refractivity contribution < 1.29 is 19.0 Å². The summed E-state index contributed by atoms with van der Waals surface area (Å²) < 4.78 is 17.4. The lowest BCUT2D eigenvalue weighted by Gasteiger charge is -2.40. The highest BCUT2D eigenvalue weighted by Gasteiger charge is 2.59. The number of nitrogens with zero attached hydrogens (tertiary/aromatic N) is 1. The average Bonchev–Trinajstić information content (AvgIpc) is 3.13. The zero-order chi connectivity index (χ0) is 22.6. The third-order valence-electron chi connectivity index (χ3n) is 6.47. The van der Waals surface area contributed by atoms with Crippen molar-refractivity contribution in [2.24, 2.45) is 11.7 Å². The van der Waals surface area contributed by atoms with Crippen LogP contribution >= 0.6 is 11.6 Å². The Morgan fingerprint density at radius 2 is 1.84 bits per heavy atom. The number of rotatable bonds is 3. The highest BCUT2D eigenvalue weighted by molar-refractivity contribution is 6.35. The summed E-state index contributed by atoms with van der Waals surface area (Å²) >= 11 is 6.58. The van der Waals surface area contributed by atoms with E-state index in [2.05, 4.69) is 0 Å². The van der Waals surface area contributed by atoms with E-state index in [4.69, 9.17) is 36.5 Å². The van der Waals surface area contributed by atoms with E-state index in [-0.39, 0.29) is 28.5 Å². The molecule has 2 aliphatic rings. The van der Waals surface area contributed by atoms with Crippen LogP contribution in [-0.2, 0) is 5.60 Å². The Labute approximate surface area is 191 Å². The molecule has 3 unspecified atom stereocenters. The van der Waals surface area contributed by atoms with E-state index >= 15 is 0 Å². The van der Waals surface area contributed by atoms with E-state index in [1.54, 1.807) is 6.07 Å². The number of benzene rings is 2. The zero-order valence-corrected chi connectivity index (χ0v) is 18.8. The van der Waals surface area contributed by atoms with Crippen LogP contribution in [0.15, 0.2) is 48.5 Å². The Morgan fingerprint density at radius 1 is 1.12 bits per heavy atom. The van der Waals surface area contributed by atoms with Crippen molar-refractivity contribution in [3.05, 3.63) is 70.4 Å². The van der Waals surface area contributed by atoms with Gasteiger partial charge in [-0.3, -0.25) is 4.79 Å². The molecular formula is C25H23ClN2O4. The minimum Gasteiger partial charge on any atom is -0.496 e. The van der Waals surface area contributed by atoms with Gasteiger partial charge in [-0.15, -0.1) is 0 Å². The third kappa shape index (κ3) is 2.76. The van der Waals surface area contributed by atoms with Crippen LogP contribution in [0.5, 0.6) is 17.2 Å². The predicted molar refractivity (Wildman–Crippen MR) is 122 cm³/mol. The molecule has 32 heavy (non-hydrogen) atoms. The first kappa shape index (κ1) is 20.8. The van der Waals surface area contributed by atoms with Crippen molar-refractivity contribution in [2.75, 3.05) is 14.2 Å². The molecule has 1 spiro atoms. The number of ketones is 1. The summed E-state index contributed by atoms with van der Waals surface area (Å²) in [5.41, 5.74) is 8.45. The van der Waals surface area contributed by atoms with Crippen LogP contribution in [0.2, 0.25) is 5.02 Å². The van der Waals surface area contributed by atoms with Gasteiger partial charge in [0.1, 0.15) is 22.1 Å². The number of carbonyl (C=O) groups is 1. The Kier molecular flexibility index (Phi) is 4.87. The topological polar surface area (TPSA) is 83.7 Å². The molecule has 2 N–H and O–H groups in total. The van der Waals surface area contributed by atoms with E-state index in [1.165, 1.54) is 14.2 Å². The summed E-state index contributed by atoms with van der Waals surface area (Å²) in [6.45, 7) is 1.96. The fourth-order valence-electron chi connectivity index (χ4n) is 4.83. The standard InChI is InChI=1S/C25H23ClN2O4/c1-13-11-16(27)15-9-10-17(14-7-5-4-6-8-14)28-23(15)25(13)24(29)20-18(30-2)12-19(31-3)21(26)22(20)32-25/h4-10,12-13,16H,11,27H2,1-3H3. The second-order valence-corrected chi connectivity index (χ2v) is 8.59. The van der Waals surface area contributed by atoms with Crippen molar-refractivity contribution in [3.63, 3.8) is 0 Å². The number of pyridine rings is 1. The quantitative estimate of drug-likeness (QED) is 0.609. The van der Waals surface area contributed by atoms with Crippen LogP contribution in [0.25, 0.3) is 11.3 Å². The number of methoxy groups -OCH3 is 2. The number of carbonyl (C=O) groups excluding carboxylic acids is 1. The maximum Gasteiger partial charge on any atom is 0.220 e. The van der Waals surface area contributed by atoms with Gasteiger partial charge in [0.05, 0.1) is 25.6 Å². The molecule has 164 valence electrons. The zero-order valence-electron chi connectivity index (χ0n) is 18.0. The molecule has 3 aromatic rings. The molecule has 6 nitrogen and oxygen atoms in total. The SMILES string of the molecule is COc1cc(OC)c2c(c1Cl)OC1(C2=O)c2nc(-c3ccccc3)ccc2C(N)CC1C. The van der Waals surface area contributed by atoms with Crippen LogP contribution in [0, 0.1) is 5.92 Å². The van der Waals surface area contributed by atoms with Crippen molar-refractivity contribution in [1.29, 1.82) is 0 Å². The molecule has 0 amide bonds. The maximum atomic E-state index is 14.0. The monoisotopic (exact) mass is 450 g/mol. The number of Topliss-reactive ketones (excluding diaryl/α,β-unsaturated/α-hetero) is 1. The molecule has 1 aromatic heterocycles. The Hall–Kier alpha value is -3.09. The molecule has 2 heterocycles. The number of halogens is 1. The lowest BCUT2D eigenvalue weighted by atomic mass is 9.70. The molecule has 0 radical (unpaired) electrons. The first-order valence-electron chi connectivity index (χ1n) is 10.4.